The number of fused-ring (bicyclic) bond motifs is 1. The van der Waals surface area contributed by atoms with Crippen LogP contribution >= 0.6 is 0 Å². The summed E-state index contributed by atoms with van der Waals surface area (Å²) in [5.74, 6) is -0.431. The number of nitrogens with one attached hydrogen (secondary N) is 2. The average molecular weight is 348 g/mol. The van der Waals surface area contributed by atoms with Crippen molar-refractivity contribution in [1.29, 1.82) is 0 Å². The van der Waals surface area contributed by atoms with Gasteiger partial charge in [0.15, 0.2) is 5.69 Å². The molecule has 1 aliphatic heterocycles. The van der Waals surface area contributed by atoms with Gasteiger partial charge in [0.05, 0.1) is 17.9 Å². The molecule has 0 radical (unpaired) electrons. The van der Waals surface area contributed by atoms with Crippen LogP contribution in [0.5, 0.6) is 0 Å². The van der Waals surface area contributed by atoms with E-state index in [-0.39, 0.29) is 24.1 Å². The van der Waals surface area contributed by atoms with Crippen molar-refractivity contribution in [2.75, 3.05) is 6.54 Å². The van der Waals surface area contributed by atoms with Crippen molar-refractivity contribution in [2.24, 2.45) is 0 Å². The fourth-order valence-electron chi connectivity index (χ4n) is 2.95. The van der Waals surface area contributed by atoms with E-state index in [9.17, 15) is 9.59 Å². The Morgan fingerprint density at radius 1 is 1.19 bits per heavy atom. The zero-order chi connectivity index (χ0) is 17.9. The van der Waals surface area contributed by atoms with E-state index in [0.717, 1.165) is 16.8 Å². The Morgan fingerprint density at radius 3 is 2.92 bits per heavy atom. The number of nitrogens with zero attached hydrogens (tertiary/aromatic N) is 4. The topological polar surface area (TPSA) is 102 Å². The van der Waals surface area contributed by atoms with E-state index < -0.39 is 0 Å². The van der Waals surface area contributed by atoms with E-state index >= 15 is 0 Å². The normalized spacial score (nSPS) is 13.3. The first-order valence-electron chi connectivity index (χ1n) is 8.16. The summed E-state index contributed by atoms with van der Waals surface area (Å²) >= 11 is 0. The molecule has 8 heteroatoms. The van der Waals surface area contributed by atoms with Crippen molar-refractivity contribution in [3.63, 3.8) is 0 Å². The molecule has 0 fully saturated rings. The molecule has 1 amide bonds. The second-order valence-corrected chi connectivity index (χ2v) is 5.84. The van der Waals surface area contributed by atoms with Gasteiger partial charge in [-0.25, -0.2) is 15.0 Å². The van der Waals surface area contributed by atoms with Gasteiger partial charge in [0.1, 0.15) is 12.7 Å². The number of hydrogen-bond donors (Lipinski definition) is 2. The van der Waals surface area contributed by atoms with Crippen molar-refractivity contribution >= 4 is 11.8 Å². The maximum Gasteiger partial charge on any atom is 0.272 e. The van der Waals surface area contributed by atoms with Crippen LogP contribution in [0.3, 0.4) is 0 Å². The second kappa shape index (κ2) is 6.85. The summed E-state index contributed by atoms with van der Waals surface area (Å²) in [4.78, 5) is 36.7. The first-order chi connectivity index (χ1) is 12.7. The molecule has 2 aromatic heterocycles. The number of aromatic nitrogens is 4. The van der Waals surface area contributed by atoms with Crippen LogP contribution in [0.4, 0.5) is 0 Å². The molecule has 0 saturated heterocycles. The Bertz CT molecular complexity index is 967. The van der Waals surface area contributed by atoms with Crippen molar-refractivity contribution in [1.82, 2.24) is 30.2 Å². The van der Waals surface area contributed by atoms with E-state index in [4.69, 9.17) is 0 Å². The standard InChI is InChI=1S/C18H16N6O2/c25-16-9-20-8-15-17(23-11-24(15)16)18(26)21-7-12-3-1-2-4-13(12)14-5-6-19-10-22-14/h1-6,10-11,20H,7-9H2,(H,21,26). The van der Waals surface area contributed by atoms with Crippen LogP contribution in [0.1, 0.15) is 26.5 Å². The highest BCUT2D eigenvalue weighted by molar-refractivity contribution is 5.95. The van der Waals surface area contributed by atoms with Crippen LogP contribution in [-0.4, -0.2) is 37.9 Å². The van der Waals surface area contributed by atoms with E-state index in [1.807, 2.05) is 30.3 Å². The fourth-order valence-corrected chi connectivity index (χ4v) is 2.95. The average Bonchev–Trinajstić information content (AvgIpc) is 3.13. The number of hydrogen-bond acceptors (Lipinski definition) is 6. The van der Waals surface area contributed by atoms with Crippen molar-refractivity contribution < 1.29 is 9.59 Å². The molecule has 0 spiro atoms. The van der Waals surface area contributed by atoms with E-state index in [1.54, 1.807) is 6.20 Å². The lowest BCUT2D eigenvalue weighted by Gasteiger charge is -2.15. The highest BCUT2D eigenvalue weighted by atomic mass is 16.2. The summed E-state index contributed by atoms with van der Waals surface area (Å²) in [7, 11) is 0. The van der Waals surface area contributed by atoms with Gasteiger partial charge in [-0.3, -0.25) is 14.2 Å². The van der Waals surface area contributed by atoms with Crippen molar-refractivity contribution in [3.05, 3.63) is 66.1 Å². The zero-order valence-electron chi connectivity index (χ0n) is 13.8. The summed E-state index contributed by atoms with van der Waals surface area (Å²) in [6, 6.07) is 9.54. The molecular formula is C18H16N6O2. The Balaban J connectivity index is 1.54. The Morgan fingerprint density at radius 2 is 2.08 bits per heavy atom. The highest BCUT2D eigenvalue weighted by Gasteiger charge is 2.24. The summed E-state index contributed by atoms with van der Waals surface area (Å²) in [6.07, 6.45) is 4.58. The van der Waals surface area contributed by atoms with Crippen molar-refractivity contribution in [3.8, 4) is 11.3 Å². The Hall–Kier alpha value is -3.39. The third kappa shape index (κ3) is 2.98. The third-order valence-electron chi connectivity index (χ3n) is 4.23. The molecule has 4 rings (SSSR count). The van der Waals surface area contributed by atoms with Gasteiger partial charge < -0.3 is 10.6 Å². The molecule has 0 saturated carbocycles. The predicted octanol–water partition coefficient (Wildman–Crippen LogP) is 1.01. The minimum absolute atomic E-state index is 0.119. The molecule has 0 atom stereocenters. The maximum absolute atomic E-state index is 12.6. The van der Waals surface area contributed by atoms with Gasteiger partial charge in [-0.05, 0) is 11.6 Å². The van der Waals surface area contributed by atoms with E-state index in [2.05, 4.69) is 25.6 Å². The Kier molecular flexibility index (Phi) is 4.24. The zero-order valence-corrected chi connectivity index (χ0v) is 13.8. The fraction of sp³-hybridized carbons (Fsp3) is 0.167. The largest absolute Gasteiger partial charge is 0.347 e. The van der Waals surface area contributed by atoms with E-state index in [1.165, 1.54) is 17.2 Å². The number of benzene rings is 1. The first-order valence-corrected chi connectivity index (χ1v) is 8.16. The molecule has 130 valence electrons. The minimum atomic E-state index is -0.312. The van der Waals surface area contributed by atoms with Crippen LogP contribution in [0.2, 0.25) is 0 Å². The number of imidazole rings is 1. The van der Waals surface area contributed by atoms with Crippen LogP contribution < -0.4 is 10.6 Å². The number of rotatable bonds is 4. The van der Waals surface area contributed by atoms with Crippen LogP contribution in [0.15, 0.2) is 49.2 Å². The van der Waals surface area contributed by atoms with Crippen molar-refractivity contribution in [2.45, 2.75) is 13.1 Å². The van der Waals surface area contributed by atoms with Crippen LogP contribution in [0.25, 0.3) is 11.3 Å². The van der Waals surface area contributed by atoms with Gasteiger partial charge >= 0.3 is 0 Å². The third-order valence-corrected chi connectivity index (χ3v) is 4.23. The molecule has 0 aliphatic carbocycles. The first kappa shape index (κ1) is 16.1. The molecule has 8 nitrogen and oxygen atoms in total. The molecule has 1 aromatic carbocycles. The minimum Gasteiger partial charge on any atom is -0.347 e. The molecule has 26 heavy (non-hydrogen) atoms. The second-order valence-electron chi connectivity index (χ2n) is 5.84. The molecule has 3 heterocycles. The lowest BCUT2D eigenvalue weighted by molar-refractivity contribution is 0.0893. The highest BCUT2D eigenvalue weighted by Crippen LogP contribution is 2.21. The summed E-state index contributed by atoms with van der Waals surface area (Å²) < 4.78 is 1.43. The van der Waals surface area contributed by atoms with Gasteiger partial charge in [-0.15, -0.1) is 0 Å². The molecule has 1 aliphatic rings. The monoisotopic (exact) mass is 348 g/mol. The van der Waals surface area contributed by atoms with Gasteiger partial charge in [0.2, 0.25) is 5.91 Å². The van der Waals surface area contributed by atoms with Gasteiger partial charge in [0, 0.05) is 24.8 Å². The molecule has 2 N–H and O–H groups in total. The lowest BCUT2D eigenvalue weighted by Crippen LogP contribution is -2.36. The number of amides is 1. The molecule has 0 unspecified atom stereocenters. The number of carbonyl (C=O) groups excluding carboxylic acids is 2. The molecular weight excluding hydrogens is 332 g/mol. The Labute approximate surface area is 149 Å². The van der Waals surface area contributed by atoms with E-state index in [0.29, 0.717) is 18.8 Å². The predicted molar refractivity (Wildman–Crippen MR) is 93.2 cm³/mol. The molecule has 3 aromatic rings. The summed E-state index contributed by atoms with van der Waals surface area (Å²) in [6.45, 7) is 1.01. The van der Waals surface area contributed by atoms with Gasteiger partial charge in [0.25, 0.3) is 5.91 Å². The van der Waals surface area contributed by atoms with Crippen LogP contribution in [-0.2, 0) is 13.1 Å². The quantitative estimate of drug-likeness (QED) is 0.730. The van der Waals surface area contributed by atoms with Crippen LogP contribution in [0, 0.1) is 0 Å². The maximum atomic E-state index is 12.6. The number of carbonyl (C=O) groups is 2. The summed E-state index contributed by atoms with van der Waals surface area (Å²) in [5.41, 5.74) is 3.51. The smallest absolute Gasteiger partial charge is 0.272 e. The SMILES string of the molecule is O=C(NCc1ccccc1-c1ccncn1)c1ncn2c1CNCC2=O. The lowest BCUT2D eigenvalue weighted by atomic mass is 10.0. The van der Waals surface area contributed by atoms with Gasteiger partial charge in [-0.1, -0.05) is 24.3 Å². The van der Waals surface area contributed by atoms with Gasteiger partial charge in [-0.2, -0.15) is 0 Å². The molecule has 0 bridgehead atoms. The summed E-state index contributed by atoms with van der Waals surface area (Å²) in [5, 5.41) is 5.85.